The highest BCUT2D eigenvalue weighted by atomic mass is 79.9. The summed E-state index contributed by atoms with van der Waals surface area (Å²) in [5, 5.41) is 1.71. The van der Waals surface area contributed by atoms with Gasteiger partial charge in [-0.05, 0) is 52.7 Å². The normalized spacial score (nSPS) is 15.7. The number of ketones is 1. The van der Waals surface area contributed by atoms with Crippen LogP contribution in [0.4, 0.5) is 0 Å². The van der Waals surface area contributed by atoms with Crippen molar-refractivity contribution in [3.05, 3.63) is 58.1 Å². The Balaban J connectivity index is 1.87. The predicted molar refractivity (Wildman–Crippen MR) is 115 cm³/mol. The molecule has 6 heteroatoms. The number of fused-ring (bicyclic) bond motifs is 2. The van der Waals surface area contributed by atoms with Gasteiger partial charge in [-0.2, -0.15) is 0 Å². The summed E-state index contributed by atoms with van der Waals surface area (Å²) in [6.07, 6.45) is 0.713. The second kappa shape index (κ2) is 7.95. The minimum absolute atomic E-state index is 0.0773. The van der Waals surface area contributed by atoms with E-state index in [1.54, 1.807) is 27.4 Å². The predicted octanol–water partition coefficient (Wildman–Crippen LogP) is 5.72. The van der Waals surface area contributed by atoms with Crippen molar-refractivity contribution in [1.82, 2.24) is 0 Å². The highest BCUT2D eigenvalue weighted by molar-refractivity contribution is 9.10. The molecule has 1 atom stereocenters. The van der Waals surface area contributed by atoms with Gasteiger partial charge in [0.1, 0.15) is 29.1 Å². The summed E-state index contributed by atoms with van der Waals surface area (Å²) in [6.45, 7) is 0. The summed E-state index contributed by atoms with van der Waals surface area (Å²) in [4.78, 5) is 12.5. The summed E-state index contributed by atoms with van der Waals surface area (Å²) in [6, 6.07) is 13.3. The third-order valence-electron chi connectivity index (χ3n) is 5.25. The van der Waals surface area contributed by atoms with Crippen molar-refractivity contribution in [3.8, 4) is 23.0 Å². The Kier molecular flexibility index (Phi) is 5.37. The van der Waals surface area contributed by atoms with Gasteiger partial charge in [-0.15, -0.1) is 0 Å². The van der Waals surface area contributed by atoms with E-state index in [1.165, 1.54) is 0 Å². The van der Waals surface area contributed by atoms with Crippen LogP contribution in [0.25, 0.3) is 10.8 Å². The Bertz CT molecular complexity index is 1090. The summed E-state index contributed by atoms with van der Waals surface area (Å²) in [7, 11) is 4.84. The van der Waals surface area contributed by atoms with E-state index < -0.39 is 0 Å². The van der Waals surface area contributed by atoms with E-state index >= 15 is 0 Å². The van der Waals surface area contributed by atoms with Crippen molar-refractivity contribution in [2.75, 3.05) is 21.3 Å². The standard InChI is InChI=1S/C23H21BrO5/c1-26-17-11-12-20(28-3)22-14(17)7-8-15(24)23(22)29-18-10-9-16(25)21-13(18)5-4-6-19(21)27-2/h4-8,11-12,18H,9-10H2,1-3H3. The van der Waals surface area contributed by atoms with Gasteiger partial charge in [-0.1, -0.05) is 12.1 Å². The van der Waals surface area contributed by atoms with E-state index in [9.17, 15) is 4.79 Å². The maximum absolute atomic E-state index is 12.5. The van der Waals surface area contributed by atoms with Gasteiger partial charge in [0.05, 0.1) is 36.8 Å². The molecule has 0 saturated heterocycles. The Labute approximate surface area is 177 Å². The maximum atomic E-state index is 12.5. The highest BCUT2D eigenvalue weighted by Gasteiger charge is 2.31. The third kappa shape index (κ3) is 3.31. The minimum Gasteiger partial charge on any atom is -0.496 e. The van der Waals surface area contributed by atoms with Crippen molar-refractivity contribution in [2.45, 2.75) is 18.9 Å². The SMILES string of the molecule is COc1cccc2c1C(=O)CCC2Oc1c(Br)ccc2c(OC)ccc(OC)c12. The molecule has 1 unspecified atom stereocenters. The van der Waals surface area contributed by atoms with Crippen LogP contribution >= 0.6 is 15.9 Å². The average Bonchev–Trinajstić information content (AvgIpc) is 2.75. The summed E-state index contributed by atoms with van der Waals surface area (Å²) in [5.41, 5.74) is 1.44. The maximum Gasteiger partial charge on any atom is 0.167 e. The molecule has 5 nitrogen and oxygen atoms in total. The van der Waals surface area contributed by atoms with E-state index in [2.05, 4.69) is 15.9 Å². The van der Waals surface area contributed by atoms with E-state index in [-0.39, 0.29) is 11.9 Å². The minimum atomic E-state index is -0.282. The first-order chi connectivity index (χ1) is 14.1. The summed E-state index contributed by atoms with van der Waals surface area (Å²) >= 11 is 3.62. The van der Waals surface area contributed by atoms with Crippen LogP contribution in [-0.2, 0) is 0 Å². The molecule has 1 aliphatic carbocycles. The third-order valence-corrected chi connectivity index (χ3v) is 5.87. The van der Waals surface area contributed by atoms with Crippen molar-refractivity contribution >= 4 is 32.5 Å². The van der Waals surface area contributed by atoms with Crippen LogP contribution in [0.2, 0.25) is 0 Å². The Morgan fingerprint density at radius 2 is 1.62 bits per heavy atom. The highest BCUT2D eigenvalue weighted by Crippen LogP contribution is 2.46. The molecule has 3 aromatic rings. The molecule has 0 aliphatic heterocycles. The fourth-order valence-electron chi connectivity index (χ4n) is 3.89. The van der Waals surface area contributed by atoms with Gasteiger partial charge in [0.25, 0.3) is 0 Å². The fourth-order valence-corrected chi connectivity index (χ4v) is 4.31. The molecule has 1 aliphatic rings. The van der Waals surface area contributed by atoms with Crippen LogP contribution in [0, 0.1) is 0 Å². The number of hydrogen-bond acceptors (Lipinski definition) is 5. The zero-order chi connectivity index (χ0) is 20.5. The molecule has 0 bridgehead atoms. The lowest BCUT2D eigenvalue weighted by molar-refractivity contribution is 0.0916. The van der Waals surface area contributed by atoms with Gasteiger partial charge in [0.2, 0.25) is 0 Å². The second-order valence-corrected chi connectivity index (χ2v) is 7.62. The lowest BCUT2D eigenvalue weighted by atomic mass is 9.87. The molecule has 4 rings (SSSR count). The zero-order valence-electron chi connectivity index (χ0n) is 16.5. The van der Waals surface area contributed by atoms with Crippen molar-refractivity contribution in [3.63, 3.8) is 0 Å². The molecule has 0 saturated carbocycles. The first kappa shape index (κ1) is 19.6. The van der Waals surface area contributed by atoms with Crippen molar-refractivity contribution < 1.29 is 23.7 Å². The number of hydrogen-bond donors (Lipinski definition) is 0. The largest absolute Gasteiger partial charge is 0.496 e. The molecule has 0 aromatic heterocycles. The fraction of sp³-hybridized carbons (Fsp3) is 0.261. The molecule has 0 radical (unpaired) electrons. The number of methoxy groups -OCH3 is 3. The molecular weight excluding hydrogens is 436 g/mol. The molecule has 0 spiro atoms. The topological polar surface area (TPSA) is 54.0 Å². The van der Waals surface area contributed by atoms with Gasteiger partial charge in [-0.25, -0.2) is 0 Å². The first-order valence-corrected chi connectivity index (χ1v) is 10.1. The van der Waals surface area contributed by atoms with Crippen LogP contribution in [0.5, 0.6) is 23.0 Å². The number of carbonyl (C=O) groups is 1. The van der Waals surface area contributed by atoms with Crippen LogP contribution in [-0.4, -0.2) is 27.1 Å². The van der Waals surface area contributed by atoms with Crippen LogP contribution in [0.15, 0.2) is 46.9 Å². The number of ether oxygens (including phenoxy) is 4. The average molecular weight is 457 g/mol. The van der Waals surface area contributed by atoms with Crippen molar-refractivity contribution in [1.29, 1.82) is 0 Å². The quantitative estimate of drug-likeness (QED) is 0.490. The van der Waals surface area contributed by atoms with E-state index in [1.807, 2.05) is 36.4 Å². The monoisotopic (exact) mass is 456 g/mol. The van der Waals surface area contributed by atoms with Crippen molar-refractivity contribution in [2.24, 2.45) is 0 Å². The summed E-state index contributed by atoms with van der Waals surface area (Å²) in [5.74, 6) is 2.74. The molecule has 29 heavy (non-hydrogen) atoms. The van der Waals surface area contributed by atoms with Gasteiger partial charge < -0.3 is 18.9 Å². The first-order valence-electron chi connectivity index (χ1n) is 9.29. The van der Waals surface area contributed by atoms with E-state index in [4.69, 9.17) is 18.9 Å². The molecule has 150 valence electrons. The number of benzene rings is 3. The lowest BCUT2D eigenvalue weighted by Crippen LogP contribution is -2.20. The van der Waals surface area contributed by atoms with E-state index in [0.29, 0.717) is 35.7 Å². The van der Waals surface area contributed by atoms with Crippen LogP contribution in [0.1, 0.15) is 34.9 Å². The van der Waals surface area contributed by atoms with Crippen LogP contribution < -0.4 is 18.9 Å². The molecule has 0 heterocycles. The number of Topliss-reactive ketones (excluding diaryl/α,β-unsaturated/α-hetero) is 1. The second-order valence-electron chi connectivity index (χ2n) is 6.76. The molecule has 3 aromatic carbocycles. The van der Waals surface area contributed by atoms with Gasteiger partial charge in [0, 0.05) is 17.4 Å². The zero-order valence-corrected chi connectivity index (χ0v) is 18.0. The number of rotatable bonds is 5. The van der Waals surface area contributed by atoms with Gasteiger partial charge in [-0.3, -0.25) is 4.79 Å². The lowest BCUT2D eigenvalue weighted by Gasteiger charge is -2.28. The Morgan fingerprint density at radius 1 is 0.897 bits per heavy atom. The van der Waals surface area contributed by atoms with Gasteiger partial charge >= 0.3 is 0 Å². The van der Waals surface area contributed by atoms with E-state index in [0.717, 1.165) is 26.6 Å². The molecular formula is C23H21BrO5. The molecule has 0 amide bonds. The summed E-state index contributed by atoms with van der Waals surface area (Å²) < 4.78 is 23.9. The molecule has 0 N–H and O–H groups in total. The van der Waals surface area contributed by atoms with Crippen LogP contribution in [0.3, 0.4) is 0 Å². The Morgan fingerprint density at radius 3 is 2.34 bits per heavy atom. The molecule has 0 fully saturated rings. The smallest absolute Gasteiger partial charge is 0.167 e. The number of carbonyl (C=O) groups excluding carboxylic acids is 1. The Hall–Kier alpha value is -2.73. The number of halogens is 1. The van der Waals surface area contributed by atoms with Gasteiger partial charge in [0.15, 0.2) is 5.78 Å².